The molecule has 1 heterocycles. The summed E-state index contributed by atoms with van der Waals surface area (Å²) in [6.07, 6.45) is 3.68. The van der Waals surface area contributed by atoms with Crippen LogP contribution in [-0.4, -0.2) is 15.8 Å². The summed E-state index contributed by atoms with van der Waals surface area (Å²) in [5.74, 6) is 0. The van der Waals surface area contributed by atoms with Crippen LogP contribution in [0.25, 0.3) is 0 Å². The fourth-order valence-corrected chi connectivity index (χ4v) is 2.10. The Balaban J connectivity index is 2.07. The molecule has 2 rings (SSSR count). The molecular weight excluding hydrogens is 292 g/mol. The van der Waals surface area contributed by atoms with E-state index in [1.54, 1.807) is 6.20 Å². The molecule has 5 heteroatoms. The highest BCUT2D eigenvalue weighted by molar-refractivity contribution is 9.10. The quantitative estimate of drug-likeness (QED) is 0.944. The second kappa shape index (κ2) is 5.69. The lowest BCUT2D eigenvalue weighted by atomic mass is 10.2. The summed E-state index contributed by atoms with van der Waals surface area (Å²) in [5, 5.41) is 16.6. The molecule has 1 atom stereocenters. The Morgan fingerprint density at radius 1 is 1.56 bits per heavy atom. The number of hydrogen-bond acceptors (Lipinski definition) is 3. The number of halogens is 1. The minimum absolute atomic E-state index is 0.193. The van der Waals surface area contributed by atoms with E-state index in [0.29, 0.717) is 5.56 Å². The van der Waals surface area contributed by atoms with Gasteiger partial charge in [-0.05, 0) is 31.2 Å². The normalized spacial score (nSPS) is 11.8. The molecule has 0 radical (unpaired) electrons. The van der Waals surface area contributed by atoms with Crippen LogP contribution in [-0.2, 0) is 6.54 Å². The molecule has 4 nitrogen and oxygen atoms in total. The number of rotatable bonds is 4. The summed E-state index contributed by atoms with van der Waals surface area (Å²) in [5.41, 5.74) is 1.48. The number of aromatic nitrogens is 2. The van der Waals surface area contributed by atoms with E-state index in [1.807, 2.05) is 35.1 Å². The van der Waals surface area contributed by atoms with Crippen molar-refractivity contribution in [2.24, 2.45) is 0 Å². The second-order valence-electron chi connectivity index (χ2n) is 4.08. The van der Waals surface area contributed by atoms with Crippen molar-refractivity contribution in [2.45, 2.75) is 19.5 Å². The van der Waals surface area contributed by atoms with Gasteiger partial charge in [-0.2, -0.15) is 10.4 Å². The monoisotopic (exact) mass is 304 g/mol. The van der Waals surface area contributed by atoms with Crippen molar-refractivity contribution in [3.05, 3.63) is 46.7 Å². The Kier molecular flexibility index (Phi) is 4.00. The lowest BCUT2D eigenvalue weighted by Crippen LogP contribution is -2.22. The smallest absolute Gasteiger partial charge is 0.101 e. The largest absolute Gasteiger partial charge is 0.380 e. The number of benzene rings is 1. The van der Waals surface area contributed by atoms with Gasteiger partial charge >= 0.3 is 0 Å². The number of hydrogen-bond donors (Lipinski definition) is 1. The van der Waals surface area contributed by atoms with Gasteiger partial charge in [0.15, 0.2) is 0 Å². The Hall–Kier alpha value is -1.80. The molecule has 0 spiro atoms. The average Bonchev–Trinajstić information content (AvgIpc) is 2.84. The SMILES string of the molecule is CC(Cn1cccn1)Nc1ccc(Br)cc1C#N. The fourth-order valence-electron chi connectivity index (χ4n) is 1.73. The van der Waals surface area contributed by atoms with Crippen molar-refractivity contribution in [1.82, 2.24) is 9.78 Å². The first-order chi connectivity index (χ1) is 8.69. The highest BCUT2D eigenvalue weighted by Crippen LogP contribution is 2.21. The first-order valence-corrected chi connectivity index (χ1v) is 6.42. The molecule has 1 aromatic carbocycles. The van der Waals surface area contributed by atoms with Crippen LogP contribution in [0, 0.1) is 11.3 Å². The summed E-state index contributed by atoms with van der Waals surface area (Å²) in [6, 6.07) is 9.91. The average molecular weight is 305 g/mol. The van der Waals surface area contributed by atoms with Crippen molar-refractivity contribution >= 4 is 21.6 Å². The number of nitrogens with zero attached hydrogens (tertiary/aromatic N) is 3. The van der Waals surface area contributed by atoms with Crippen LogP contribution < -0.4 is 5.32 Å². The zero-order valence-corrected chi connectivity index (χ0v) is 11.6. The van der Waals surface area contributed by atoms with Gasteiger partial charge in [0.2, 0.25) is 0 Å². The van der Waals surface area contributed by atoms with Crippen LogP contribution in [0.1, 0.15) is 12.5 Å². The van der Waals surface area contributed by atoms with Crippen LogP contribution in [0.3, 0.4) is 0 Å². The van der Waals surface area contributed by atoms with Gasteiger partial charge in [-0.1, -0.05) is 15.9 Å². The molecule has 0 fully saturated rings. The van der Waals surface area contributed by atoms with Crippen LogP contribution in [0.15, 0.2) is 41.1 Å². The molecule has 1 N–H and O–H groups in total. The number of nitrogens with one attached hydrogen (secondary N) is 1. The van der Waals surface area contributed by atoms with E-state index < -0.39 is 0 Å². The van der Waals surface area contributed by atoms with E-state index in [2.05, 4.69) is 39.3 Å². The molecular formula is C13H13BrN4. The number of anilines is 1. The molecule has 18 heavy (non-hydrogen) atoms. The molecule has 0 amide bonds. The maximum atomic E-state index is 9.08. The standard InChI is InChI=1S/C13H13BrN4/c1-10(9-18-6-2-5-16-18)17-13-4-3-12(14)7-11(13)8-15/h2-7,10,17H,9H2,1H3. The molecule has 92 valence electrons. The first-order valence-electron chi connectivity index (χ1n) is 5.62. The molecule has 0 aliphatic rings. The van der Waals surface area contributed by atoms with Gasteiger partial charge in [-0.25, -0.2) is 0 Å². The van der Waals surface area contributed by atoms with E-state index >= 15 is 0 Å². The Bertz CT molecular complexity index is 557. The third-order valence-corrected chi connectivity index (χ3v) is 3.02. The number of nitriles is 1. The second-order valence-corrected chi connectivity index (χ2v) is 4.99. The van der Waals surface area contributed by atoms with Crippen LogP contribution >= 0.6 is 15.9 Å². The molecule has 0 saturated heterocycles. The summed E-state index contributed by atoms with van der Waals surface area (Å²) >= 11 is 3.36. The summed E-state index contributed by atoms with van der Waals surface area (Å²) in [4.78, 5) is 0. The van der Waals surface area contributed by atoms with E-state index in [0.717, 1.165) is 16.7 Å². The highest BCUT2D eigenvalue weighted by atomic mass is 79.9. The molecule has 0 saturated carbocycles. The minimum Gasteiger partial charge on any atom is -0.380 e. The van der Waals surface area contributed by atoms with Gasteiger partial charge in [-0.15, -0.1) is 0 Å². The molecule has 0 aliphatic heterocycles. The van der Waals surface area contributed by atoms with Crippen molar-refractivity contribution in [1.29, 1.82) is 5.26 Å². The van der Waals surface area contributed by atoms with Gasteiger partial charge in [0.05, 0.1) is 17.8 Å². The maximum Gasteiger partial charge on any atom is 0.101 e. The van der Waals surface area contributed by atoms with Crippen molar-refractivity contribution < 1.29 is 0 Å². The molecule has 1 aromatic heterocycles. The Morgan fingerprint density at radius 3 is 3.06 bits per heavy atom. The van der Waals surface area contributed by atoms with Gasteiger partial charge in [0, 0.05) is 22.9 Å². The molecule has 0 aliphatic carbocycles. The minimum atomic E-state index is 0.193. The molecule has 2 aromatic rings. The van der Waals surface area contributed by atoms with Crippen LogP contribution in [0.5, 0.6) is 0 Å². The van der Waals surface area contributed by atoms with Crippen molar-refractivity contribution in [2.75, 3.05) is 5.32 Å². The zero-order chi connectivity index (χ0) is 13.0. The summed E-state index contributed by atoms with van der Waals surface area (Å²) in [7, 11) is 0. The fraction of sp³-hybridized carbons (Fsp3) is 0.231. The van der Waals surface area contributed by atoms with Crippen LogP contribution in [0.4, 0.5) is 5.69 Å². The Labute approximate surface area is 114 Å². The topological polar surface area (TPSA) is 53.6 Å². The van der Waals surface area contributed by atoms with E-state index in [9.17, 15) is 0 Å². The van der Waals surface area contributed by atoms with Gasteiger partial charge in [-0.3, -0.25) is 4.68 Å². The van der Waals surface area contributed by atoms with Gasteiger partial charge < -0.3 is 5.32 Å². The van der Waals surface area contributed by atoms with Gasteiger partial charge in [0.1, 0.15) is 6.07 Å². The lowest BCUT2D eigenvalue weighted by molar-refractivity contribution is 0.561. The molecule has 1 unspecified atom stereocenters. The Morgan fingerprint density at radius 2 is 2.39 bits per heavy atom. The lowest BCUT2D eigenvalue weighted by Gasteiger charge is -2.16. The van der Waals surface area contributed by atoms with E-state index in [1.165, 1.54) is 0 Å². The molecule has 0 bridgehead atoms. The van der Waals surface area contributed by atoms with E-state index in [4.69, 9.17) is 5.26 Å². The third-order valence-electron chi connectivity index (χ3n) is 2.52. The van der Waals surface area contributed by atoms with Gasteiger partial charge in [0.25, 0.3) is 0 Å². The maximum absolute atomic E-state index is 9.08. The first kappa shape index (κ1) is 12.7. The van der Waals surface area contributed by atoms with E-state index in [-0.39, 0.29) is 6.04 Å². The summed E-state index contributed by atoms with van der Waals surface area (Å²) in [6.45, 7) is 2.82. The third kappa shape index (κ3) is 3.11. The van der Waals surface area contributed by atoms with Crippen molar-refractivity contribution in [3.63, 3.8) is 0 Å². The zero-order valence-electron chi connectivity index (χ0n) is 9.97. The van der Waals surface area contributed by atoms with Crippen LogP contribution in [0.2, 0.25) is 0 Å². The predicted octanol–water partition coefficient (Wildman–Crippen LogP) is 3.02. The van der Waals surface area contributed by atoms with Crippen molar-refractivity contribution in [3.8, 4) is 6.07 Å². The summed E-state index contributed by atoms with van der Waals surface area (Å²) < 4.78 is 2.77. The predicted molar refractivity (Wildman–Crippen MR) is 74.2 cm³/mol. The highest BCUT2D eigenvalue weighted by Gasteiger charge is 2.07.